The Hall–Kier alpha value is -2.02. The van der Waals surface area contributed by atoms with Gasteiger partial charge < -0.3 is 24.3 Å². The minimum Gasteiger partial charge on any atom is -0.467 e. The number of hydrogen-bond donors (Lipinski definition) is 1. The van der Waals surface area contributed by atoms with E-state index in [1.54, 1.807) is 6.26 Å². The van der Waals surface area contributed by atoms with Crippen molar-refractivity contribution in [1.82, 2.24) is 15.1 Å². The molecule has 144 valence electrons. The van der Waals surface area contributed by atoms with Gasteiger partial charge in [0, 0.05) is 39.3 Å². The van der Waals surface area contributed by atoms with Crippen LogP contribution in [-0.2, 0) is 16.1 Å². The summed E-state index contributed by atoms with van der Waals surface area (Å²) in [5.41, 5.74) is 0. The first-order valence-corrected chi connectivity index (χ1v) is 9.66. The van der Waals surface area contributed by atoms with E-state index < -0.39 is 0 Å². The minimum atomic E-state index is -0.0978. The molecule has 0 unspecified atom stereocenters. The van der Waals surface area contributed by atoms with Crippen molar-refractivity contribution in [2.75, 3.05) is 39.3 Å². The van der Waals surface area contributed by atoms with Gasteiger partial charge in [-0.2, -0.15) is 0 Å². The van der Waals surface area contributed by atoms with Crippen LogP contribution in [0.5, 0.6) is 0 Å². The summed E-state index contributed by atoms with van der Waals surface area (Å²) in [6.45, 7) is 4.63. The molecule has 1 aromatic rings. The first-order chi connectivity index (χ1) is 12.7. The third-order valence-electron chi connectivity index (χ3n) is 5.03. The fourth-order valence-electron chi connectivity index (χ4n) is 3.57. The Morgan fingerprint density at radius 1 is 1.19 bits per heavy atom. The second-order valence-corrected chi connectivity index (χ2v) is 7.04. The molecule has 2 aliphatic heterocycles. The van der Waals surface area contributed by atoms with E-state index in [0.29, 0.717) is 26.3 Å². The lowest BCUT2D eigenvalue weighted by Gasteiger charge is -2.34. The molecule has 1 N–H and O–H groups in total. The van der Waals surface area contributed by atoms with Crippen LogP contribution in [0.15, 0.2) is 22.8 Å². The summed E-state index contributed by atoms with van der Waals surface area (Å²) < 4.78 is 10.7. The summed E-state index contributed by atoms with van der Waals surface area (Å²) >= 11 is 0. The van der Waals surface area contributed by atoms with E-state index in [-0.39, 0.29) is 17.9 Å². The van der Waals surface area contributed by atoms with Crippen molar-refractivity contribution in [1.29, 1.82) is 0 Å². The molecule has 0 aliphatic carbocycles. The molecule has 2 aliphatic rings. The summed E-state index contributed by atoms with van der Waals surface area (Å²) in [7, 11) is 0. The first-order valence-electron chi connectivity index (χ1n) is 9.66. The van der Waals surface area contributed by atoms with Crippen LogP contribution in [0.1, 0.15) is 37.9 Å². The Morgan fingerprint density at radius 3 is 2.77 bits per heavy atom. The van der Waals surface area contributed by atoms with Crippen molar-refractivity contribution in [2.45, 2.75) is 38.7 Å². The molecule has 2 saturated heterocycles. The van der Waals surface area contributed by atoms with Crippen LogP contribution in [0.4, 0.5) is 4.79 Å². The Bertz CT molecular complexity index is 569. The summed E-state index contributed by atoms with van der Waals surface area (Å²) in [5.74, 6) is 0.758. The van der Waals surface area contributed by atoms with E-state index in [2.05, 4.69) is 5.32 Å². The third kappa shape index (κ3) is 5.24. The number of hydrogen-bond acceptors (Lipinski definition) is 4. The molecule has 0 aromatic carbocycles. The highest BCUT2D eigenvalue weighted by molar-refractivity contribution is 5.81. The number of urea groups is 1. The lowest BCUT2D eigenvalue weighted by Crippen LogP contribution is -2.49. The number of amides is 3. The van der Waals surface area contributed by atoms with Gasteiger partial charge in [0.2, 0.25) is 5.91 Å². The number of rotatable bonds is 7. The fourth-order valence-corrected chi connectivity index (χ4v) is 3.57. The lowest BCUT2D eigenvalue weighted by atomic mass is 9.97. The molecule has 26 heavy (non-hydrogen) atoms. The summed E-state index contributed by atoms with van der Waals surface area (Å²) in [5, 5.41) is 2.98. The topological polar surface area (TPSA) is 75.0 Å². The number of nitrogens with one attached hydrogen (secondary N) is 1. The number of carbonyl (C=O) groups excluding carboxylic acids is 2. The van der Waals surface area contributed by atoms with Crippen LogP contribution in [-0.4, -0.2) is 61.1 Å². The Labute approximate surface area is 154 Å². The zero-order chi connectivity index (χ0) is 18.2. The Kier molecular flexibility index (Phi) is 6.94. The molecule has 3 rings (SSSR count). The van der Waals surface area contributed by atoms with Crippen LogP contribution in [0.2, 0.25) is 0 Å². The van der Waals surface area contributed by atoms with Crippen molar-refractivity contribution in [3.05, 3.63) is 24.2 Å². The smallest absolute Gasteiger partial charge is 0.320 e. The van der Waals surface area contributed by atoms with Crippen LogP contribution in [0, 0.1) is 5.92 Å². The highest BCUT2D eigenvalue weighted by Crippen LogP contribution is 2.20. The lowest BCUT2D eigenvalue weighted by molar-refractivity contribution is -0.126. The van der Waals surface area contributed by atoms with Crippen molar-refractivity contribution in [2.24, 2.45) is 5.92 Å². The van der Waals surface area contributed by atoms with E-state index in [4.69, 9.17) is 9.15 Å². The maximum absolute atomic E-state index is 12.5. The number of furan rings is 1. The molecule has 0 bridgehead atoms. The van der Waals surface area contributed by atoms with Gasteiger partial charge in [-0.15, -0.1) is 0 Å². The number of carbonyl (C=O) groups is 2. The van der Waals surface area contributed by atoms with Crippen molar-refractivity contribution in [3.63, 3.8) is 0 Å². The van der Waals surface area contributed by atoms with Gasteiger partial charge in [-0.25, -0.2) is 4.79 Å². The molecule has 1 atom stereocenters. The monoisotopic (exact) mass is 363 g/mol. The highest BCUT2D eigenvalue weighted by atomic mass is 16.5. The van der Waals surface area contributed by atoms with E-state index in [0.717, 1.165) is 57.5 Å². The largest absolute Gasteiger partial charge is 0.467 e. The molecule has 3 heterocycles. The number of ether oxygens (including phenoxy) is 1. The molecule has 0 radical (unpaired) electrons. The standard InChI is InChI=1S/C19H29N3O4/c23-18(20-8-5-12-25-15-17-7-4-13-26-17)16-6-3-11-22(14-16)19(24)21-9-1-2-10-21/h4,7,13,16H,1-3,5-6,8-12,14-15H2,(H,20,23)/t16-/m0/s1. The second kappa shape index (κ2) is 9.62. The maximum Gasteiger partial charge on any atom is 0.320 e. The molecule has 7 heteroatoms. The predicted molar refractivity (Wildman–Crippen MR) is 96.5 cm³/mol. The van der Waals surface area contributed by atoms with Crippen LogP contribution in [0.3, 0.4) is 0 Å². The zero-order valence-electron chi connectivity index (χ0n) is 15.3. The summed E-state index contributed by atoms with van der Waals surface area (Å²) in [6, 6.07) is 3.81. The van der Waals surface area contributed by atoms with Crippen molar-refractivity contribution in [3.8, 4) is 0 Å². The molecule has 0 spiro atoms. The number of likely N-dealkylation sites (tertiary alicyclic amines) is 2. The third-order valence-corrected chi connectivity index (χ3v) is 5.03. The number of piperidine rings is 1. The SMILES string of the molecule is O=C(NCCCOCc1ccco1)[C@H]1CCCN(C(=O)N2CCCC2)C1. The quantitative estimate of drug-likeness (QED) is 0.754. The maximum atomic E-state index is 12.5. The fraction of sp³-hybridized carbons (Fsp3) is 0.684. The van der Waals surface area contributed by atoms with E-state index >= 15 is 0 Å². The summed E-state index contributed by atoms with van der Waals surface area (Å²) in [4.78, 5) is 28.6. The average Bonchev–Trinajstić information content (AvgIpc) is 3.37. The van der Waals surface area contributed by atoms with Gasteiger partial charge in [0.1, 0.15) is 12.4 Å². The van der Waals surface area contributed by atoms with Crippen molar-refractivity contribution < 1.29 is 18.7 Å². The van der Waals surface area contributed by atoms with Gasteiger partial charge in [0.15, 0.2) is 0 Å². The van der Waals surface area contributed by atoms with Crippen molar-refractivity contribution >= 4 is 11.9 Å². The second-order valence-electron chi connectivity index (χ2n) is 7.04. The van der Waals surface area contributed by atoms with Gasteiger partial charge in [0.25, 0.3) is 0 Å². The first kappa shape index (κ1) is 18.8. The van der Waals surface area contributed by atoms with E-state index in [1.165, 1.54) is 0 Å². The van der Waals surface area contributed by atoms with Gasteiger partial charge >= 0.3 is 6.03 Å². The van der Waals surface area contributed by atoms with E-state index in [9.17, 15) is 9.59 Å². The molecule has 1 aromatic heterocycles. The zero-order valence-corrected chi connectivity index (χ0v) is 15.3. The molecular formula is C19H29N3O4. The minimum absolute atomic E-state index is 0.0509. The molecule has 3 amide bonds. The van der Waals surface area contributed by atoms with Crippen LogP contribution < -0.4 is 5.32 Å². The van der Waals surface area contributed by atoms with E-state index in [1.807, 2.05) is 21.9 Å². The van der Waals surface area contributed by atoms with Crippen LogP contribution in [0.25, 0.3) is 0 Å². The van der Waals surface area contributed by atoms with Gasteiger partial charge in [-0.05, 0) is 44.2 Å². The van der Waals surface area contributed by atoms with Gasteiger partial charge in [0.05, 0.1) is 12.2 Å². The molecule has 7 nitrogen and oxygen atoms in total. The van der Waals surface area contributed by atoms with Gasteiger partial charge in [-0.3, -0.25) is 4.79 Å². The molecular weight excluding hydrogens is 334 g/mol. The average molecular weight is 363 g/mol. The van der Waals surface area contributed by atoms with Gasteiger partial charge in [-0.1, -0.05) is 0 Å². The number of nitrogens with zero attached hydrogens (tertiary/aromatic N) is 2. The Morgan fingerprint density at radius 2 is 2.00 bits per heavy atom. The molecule has 0 saturated carbocycles. The van der Waals surface area contributed by atoms with Crippen LogP contribution >= 0.6 is 0 Å². The predicted octanol–water partition coefficient (Wildman–Crippen LogP) is 2.23. The normalized spacial score (nSPS) is 20.4. The molecule has 2 fully saturated rings. The summed E-state index contributed by atoms with van der Waals surface area (Å²) in [6.07, 6.45) is 6.31. The Balaban J connectivity index is 1.31. The highest BCUT2D eigenvalue weighted by Gasteiger charge is 2.31.